The van der Waals surface area contributed by atoms with Gasteiger partial charge in [0, 0.05) is 5.56 Å². The average molecular weight is 266 g/mol. The van der Waals surface area contributed by atoms with E-state index in [9.17, 15) is 18.0 Å². The van der Waals surface area contributed by atoms with Gasteiger partial charge in [-0.05, 0) is 18.2 Å². The zero-order valence-corrected chi connectivity index (χ0v) is 9.70. The molecule has 0 aliphatic carbocycles. The van der Waals surface area contributed by atoms with E-state index in [2.05, 4.69) is 0 Å². The Bertz CT molecular complexity index is 611. The number of ether oxygens (including phenoxy) is 1. The van der Waals surface area contributed by atoms with E-state index in [0.29, 0.717) is 0 Å². The molecule has 2 nitrogen and oxygen atoms in total. The number of benzene rings is 2. The van der Waals surface area contributed by atoms with Crippen molar-refractivity contribution >= 4 is 5.97 Å². The number of hydrogen-bond donors (Lipinski definition) is 0. The molecule has 19 heavy (non-hydrogen) atoms. The van der Waals surface area contributed by atoms with Crippen molar-refractivity contribution in [3.63, 3.8) is 0 Å². The molecule has 0 aromatic heterocycles. The van der Waals surface area contributed by atoms with E-state index in [1.54, 1.807) is 6.07 Å². The smallest absolute Gasteiger partial charge is 0.341 e. The second kappa shape index (κ2) is 5.56. The standard InChI is InChI=1S/C14H9F3O2/c15-11-6-2-1-4-9(11)8-19-14(18)10-5-3-7-12(16)13(10)17/h1-7H,8H2. The minimum atomic E-state index is -1.28. The zero-order chi connectivity index (χ0) is 13.8. The Morgan fingerprint density at radius 3 is 2.37 bits per heavy atom. The van der Waals surface area contributed by atoms with Gasteiger partial charge in [0.1, 0.15) is 12.4 Å². The van der Waals surface area contributed by atoms with E-state index in [0.717, 1.165) is 12.1 Å². The maximum Gasteiger partial charge on any atom is 0.341 e. The highest BCUT2D eigenvalue weighted by atomic mass is 19.2. The Hall–Kier alpha value is -2.30. The Morgan fingerprint density at radius 2 is 1.63 bits per heavy atom. The van der Waals surface area contributed by atoms with Crippen LogP contribution in [-0.2, 0) is 11.3 Å². The summed E-state index contributed by atoms with van der Waals surface area (Å²) in [6.45, 7) is -0.346. The predicted molar refractivity (Wildman–Crippen MR) is 61.9 cm³/mol. The molecule has 0 N–H and O–H groups in total. The SMILES string of the molecule is O=C(OCc1ccccc1F)c1cccc(F)c1F. The second-order valence-corrected chi connectivity index (χ2v) is 3.77. The highest BCUT2D eigenvalue weighted by Crippen LogP contribution is 2.14. The van der Waals surface area contributed by atoms with Gasteiger partial charge in [-0.1, -0.05) is 24.3 Å². The molecule has 0 fully saturated rings. The topological polar surface area (TPSA) is 26.3 Å². The van der Waals surface area contributed by atoms with Gasteiger partial charge in [-0.15, -0.1) is 0 Å². The molecular weight excluding hydrogens is 257 g/mol. The van der Waals surface area contributed by atoms with Crippen molar-refractivity contribution in [3.8, 4) is 0 Å². The summed E-state index contributed by atoms with van der Waals surface area (Å²) in [5, 5.41) is 0. The van der Waals surface area contributed by atoms with Crippen LogP contribution in [0.15, 0.2) is 42.5 Å². The van der Waals surface area contributed by atoms with E-state index in [-0.39, 0.29) is 12.2 Å². The summed E-state index contributed by atoms with van der Waals surface area (Å²) in [7, 11) is 0. The number of carbonyl (C=O) groups is 1. The molecule has 98 valence electrons. The monoisotopic (exact) mass is 266 g/mol. The Labute approximate surface area is 107 Å². The lowest BCUT2D eigenvalue weighted by molar-refractivity contribution is 0.0462. The van der Waals surface area contributed by atoms with Crippen LogP contribution in [-0.4, -0.2) is 5.97 Å². The number of rotatable bonds is 3. The fourth-order valence-corrected chi connectivity index (χ4v) is 1.50. The first-order valence-electron chi connectivity index (χ1n) is 5.44. The fourth-order valence-electron chi connectivity index (χ4n) is 1.50. The highest BCUT2D eigenvalue weighted by molar-refractivity contribution is 5.89. The van der Waals surface area contributed by atoms with E-state index in [1.807, 2.05) is 0 Å². The summed E-state index contributed by atoms with van der Waals surface area (Å²) in [6, 6.07) is 8.90. The Morgan fingerprint density at radius 1 is 0.947 bits per heavy atom. The lowest BCUT2D eigenvalue weighted by Gasteiger charge is -2.06. The van der Waals surface area contributed by atoms with Crippen molar-refractivity contribution in [1.29, 1.82) is 0 Å². The third kappa shape index (κ3) is 2.93. The molecule has 0 heterocycles. The molecule has 2 rings (SSSR count). The molecular formula is C14H9F3O2. The zero-order valence-electron chi connectivity index (χ0n) is 9.70. The lowest BCUT2D eigenvalue weighted by Crippen LogP contribution is -2.09. The lowest BCUT2D eigenvalue weighted by atomic mass is 10.2. The van der Waals surface area contributed by atoms with Crippen molar-refractivity contribution in [2.24, 2.45) is 0 Å². The van der Waals surface area contributed by atoms with Crippen LogP contribution in [0.5, 0.6) is 0 Å². The van der Waals surface area contributed by atoms with Crippen LogP contribution in [0.1, 0.15) is 15.9 Å². The molecule has 0 aliphatic rings. The van der Waals surface area contributed by atoms with Crippen molar-refractivity contribution in [1.82, 2.24) is 0 Å². The summed E-state index contributed by atoms with van der Waals surface area (Å²) in [6.07, 6.45) is 0. The van der Waals surface area contributed by atoms with Crippen LogP contribution < -0.4 is 0 Å². The van der Waals surface area contributed by atoms with Gasteiger partial charge < -0.3 is 4.74 Å². The van der Waals surface area contributed by atoms with Crippen LogP contribution in [0.4, 0.5) is 13.2 Å². The maximum absolute atomic E-state index is 13.3. The Balaban J connectivity index is 2.10. The molecule has 0 aliphatic heterocycles. The molecule has 5 heteroatoms. The molecule has 2 aromatic rings. The summed E-state index contributed by atoms with van der Waals surface area (Å²) in [4.78, 5) is 11.6. The molecule has 0 bridgehead atoms. The molecule has 0 radical (unpaired) electrons. The Kier molecular flexibility index (Phi) is 3.85. The van der Waals surface area contributed by atoms with Crippen LogP contribution >= 0.6 is 0 Å². The quantitative estimate of drug-likeness (QED) is 0.795. The van der Waals surface area contributed by atoms with Crippen LogP contribution in [0.2, 0.25) is 0 Å². The molecule has 2 aromatic carbocycles. The largest absolute Gasteiger partial charge is 0.457 e. The molecule has 0 atom stereocenters. The molecule has 0 unspecified atom stereocenters. The number of carbonyl (C=O) groups excluding carboxylic acids is 1. The van der Waals surface area contributed by atoms with Gasteiger partial charge in [-0.25, -0.2) is 18.0 Å². The third-order valence-electron chi connectivity index (χ3n) is 2.49. The minimum Gasteiger partial charge on any atom is -0.457 e. The minimum absolute atomic E-state index is 0.160. The molecule has 0 saturated carbocycles. The molecule has 0 amide bonds. The van der Waals surface area contributed by atoms with Crippen molar-refractivity contribution < 1.29 is 22.7 Å². The summed E-state index contributed by atoms with van der Waals surface area (Å²) < 4.78 is 44.2. The summed E-state index contributed by atoms with van der Waals surface area (Å²) in [5.41, 5.74) is -0.357. The normalized spacial score (nSPS) is 10.3. The number of hydrogen-bond acceptors (Lipinski definition) is 2. The van der Waals surface area contributed by atoms with Crippen molar-refractivity contribution in [2.45, 2.75) is 6.61 Å². The van der Waals surface area contributed by atoms with Gasteiger partial charge in [-0.2, -0.15) is 0 Å². The molecule has 0 spiro atoms. The van der Waals surface area contributed by atoms with Crippen molar-refractivity contribution in [2.75, 3.05) is 0 Å². The maximum atomic E-state index is 13.3. The first-order valence-corrected chi connectivity index (χ1v) is 5.44. The number of halogens is 3. The van der Waals surface area contributed by atoms with Crippen LogP contribution in [0.25, 0.3) is 0 Å². The number of esters is 1. The first-order chi connectivity index (χ1) is 9.09. The van der Waals surface area contributed by atoms with Gasteiger partial charge in [-0.3, -0.25) is 0 Å². The van der Waals surface area contributed by atoms with E-state index in [4.69, 9.17) is 4.74 Å². The summed E-state index contributed by atoms with van der Waals surface area (Å²) in [5.74, 6) is -3.99. The highest BCUT2D eigenvalue weighted by Gasteiger charge is 2.16. The van der Waals surface area contributed by atoms with E-state index >= 15 is 0 Å². The van der Waals surface area contributed by atoms with E-state index in [1.165, 1.54) is 24.3 Å². The van der Waals surface area contributed by atoms with Crippen LogP contribution in [0, 0.1) is 17.5 Å². The van der Waals surface area contributed by atoms with Gasteiger partial charge in [0.05, 0.1) is 5.56 Å². The van der Waals surface area contributed by atoms with Gasteiger partial charge in [0.25, 0.3) is 0 Å². The average Bonchev–Trinajstić information content (AvgIpc) is 2.40. The molecule has 0 saturated heterocycles. The first kappa shape index (κ1) is 13.1. The van der Waals surface area contributed by atoms with Crippen molar-refractivity contribution in [3.05, 3.63) is 71.0 Å². The van der Waals surface area contributed by atoms with Gasteiger partial charge >= 0.3 is 5.97 Å². The van der Waals surface area contributed by atoms with Gasteiger partial charge in [0.2, 0.25) is 0 Å². The third-order valence-corrected chi connectivity index (χ3v) is 2.49. The fraction of sp³-hybridized carbons (Fsp3) is 0.0714. The van der Waals surface area contributed by atoms with E-state index < -0.39 is 29.0 Å². The predicted octanol–water partition coefficient (Wildman–Crippen LogP) is 3.46. The van der Waals surface area contributed by atoms with Gasteiger partial charge in [0.15, 0.2) is 11.6 Å². The van der Waals surface area contributed by atoms with Crippen LogP contribution in [0.3, 0.4) is 0 Å². The summed E-state index contributed by atoms with van der Waals surface area (Å²) >= 11 is 0. The second-order valence-electron chi connectivity index (χ2n) is 3.77.